The molecule has 0 aliphatic carbocycles. The van der Waals surface area contributed by atoms with Gasteiger partial charge in [-0.05, 0) is 29.3 Å². The van der Waals surface area contributed by atoms with Crippen molar-refractivity contribution in [3.8, 4) is 5.75 Å². The summed E-state index contributed by atoms with van der Waals surface area (Å²) in [6.45, 7) is 0.333. The van der Waals surface area contributed by atoms with Crippen LogP contribution in [0.3, 0.4) is 0 Å². The molecule has 2 rings (SSSR count). The van der Waals surface area contributed by atoms with Crippen molar-refractivity contribution >= 4 is 12.0 Å². The van der Waals surface area contributed by atoms with E-state index in [1.807, 2.05) is 54.6 Å². The average molecular weight is 283 g/mol. The summed E-state index contributed by atoms with van der Waals surface area (Å²) >= 11 is 0. The summed E-state index contributed by atoms with van der Waals surface area (Å²) in [6, 6.07) is 17.1. The Balaban J connectivity index is 1.79. The molecule has 0 radical (unpaired) electrons. The standard InChI is InChI=1S/C17H17NO3/c1-20-16-9-5-8-14(12-16)10-11-17(19)18-21-13-15-6-3-2-4-7-15/h2-12H,13H2,1H3,(H,18,19). The number of amides is 1. The van der Waals surface area contributed by atoms with E-state index in [-0.39, 0.29) is 5.91 Å². The molecule has 0 aliphatic rings. The Hall–Kier alpha value is -2.59. The number of carbonyl (C=O) groups excluding carboxylic acids is 1. The van der Waals surface area contributed by atoms with Crippen LogP contribution >= 0.6 is 0 Å². The molecular weight excluding hydrogens is 266 g/mol. The first-order valence-electron chi connectivity index (χ1n) is 6.56. The summed E-state index contributed by atoms with van der Waals surface area (Å²) in [4.78, 5) is 16.7. The van der Waals surface area contributed by atoms with Gasteiger partial charge in [0, 0.05) is 6.08 Å². The van der Waals surface area contributed by atoms with Crippen molar-refractivity contribution in [1.82, 2.24) is 5.48 Å². The summed E-state index contributed by atoms with van der Waals surface area (Å²) < 4.78 is 5.12. The fourth-order valence-electron chi connectivity index (χ4n) is 1.72. The van der Waals surface area contributed by atoms with Gasteiger partial charge in [-0.3, -0.25) is 9.63 Å². The minimum absolute atomic E-state index is 0.311. The topological polar surface area (TPSA) is 47.6 Å². The smallest absolute Gasteiger partial charge is 0.267 e. The number of benzene rings is 2. The number of carbonyl (C=O) groups is 1. The van der Waals surface area contributed by atoms with Crippen molar-refractivity contribution in [2.24, 2.45) is 0 Å². The van der Waals surface area contributed by atoms with Gasteiger partial charge in [-0.2, -0.15) is 0 Å². The van der Waals surface area contributed by atoms with E-state index >= 15 is 0 Å². The molecule has 0 saturated carbocycles. The Morgan fingerprint density at radius 3 is 2.71 bits per heavy atom. The second kappa shape index (κ2) is 7.87. The molecule has 2 aromatic rings. The second-order valence-electron chi connectivity index (χ2n) is 4.35. The zero-order valence-electron chi connectivity index (χ0n) is 11.8. The van der Waals surface area contributed by atoms with Gasteiger partial charge >= 0.3 is 0 Å². The summed E-state index contributed by atoms with van der Waals surface area (Å²) in [5.41, 5.74) is 4.25. The van der Waals surface area contributed by atoms with E-state index < -0.39 is 0 Å². The van der Waals surface area contributed by atoms with E-state index in [0.717, 1.165) is 16.9 Å². The third-order valence-corrected chi connectivity index (χ3v) is 2.78. The van der Waals surface area contributed by atoms with Crippen molar-refractivity contribution < 1.29 is 14.4 Å². The van der Waals surface area contributed by atoms with Crippen LogP contribution in [0.2, 0.25) is 0 Å². The lowest BCUT2D eigenvalue weighted by atomic mass is 10.2. The Kier molecular flexibility index (Phi) is 5.55. The van der Waals surface area contributed by atoms with Gasteiger partial charge in [-0.25, -0.2) is 5.48 Å². The number of hydrogen-bond donors (Lipinski definition) is 1. The molecule has 1 N–H and O–H groups in total. The maximum absolute atomic E-state index is 11.6. The molecule has 0 bridgehead atoms. The van der Waals surface area contributed by atoms with Gasteiger partial charge in [0.15, 0.2) is 0 Å². The molecule has 0 atom stereocenters. The van der Waals surface area contributed by atoms with Gasteiger partial charge in [-0.1, -0.05) is 42.5 Å². The molecule has 0 saturated heterocycles. The molecule has 0 aromatic heterocycles. The molecule has 4 heteroatoms. The summed E-state index contributed by atoms with van der Waals surface area (Å²) in [5.74, 6) is 0.437. The highest BCUT2D eigenvalue weighted by molar-refractivity contribution is 5.90. The molecule has 0 unspecified atom stereocenters. The number of rotatable bonds is 6. The van der Waals surface area contributed by atoms with Gasteiger partial charge < -0.3 is 4.74 Å². The van der Waals surface area contributed by atoms with E-state index in [2.05, 4.69) is 5.48 Å². The largest absolute Gasteiger partial charge is 0.497 e. The summed E-state index contributed by atoms with van der Waals surface area (Å²) in [7, 11) is 1.60. The molecule has 0 heterocycles. The summed E-state index contributed by atoms with van der Waals surface area (Å²) in [6.07, 6.45) is 3.11. The average Bonchev–Trinajstić information content (AvgIpc) is 2.54. The first-order chi connectivity index (χ1) is 10.3. The van der Waals surface area contributed by atoms with Crippen LogP contribution in [0.25, 0.3) is 6.08 Å². The number of hydroxylamine groups is 1. The molecular formula is C17H17NO3. The van der Waals surface area contributed by atoms with Crippen molar-refractivity contribution in [1.29, 1.82) is 0 Å². The van der Waals surface area contributed by atoms with Gasteiger partial charge in [0.05, 0.1) is 13.7 Å². The number of nitrogens with one attached hydrogen (secondary N) is 1. The quantitative estimate of drug-likeness (QED) is 0.655. The number of hydrogen-bond acceptors (Lipinski definition) is 3. The van der Waals surface area contributed by atoms with Crippen LogP contribution in [0.4, 0.5) is 0 Å². The van der Waals surface area contributed by atoms with E-state index in [1.54, 1.807) is 13.2 Å². The zero-order valence-corrected chi connectivity index (χ0v) is 11.8. The third kappa shape index (κ3) is 5.12. The second-order valence-corrected chi connectivity index (χ2v) is 4.35. The molecule has 108 valence electrons. The molecule has 0 aliphatic heterocycles. The van der Waals surface area contributed by atoms with Crippen molar-refractivity contribution in [2.75, 3.05) is 7.11 Å². The van der Waals surface area contributed by atoms with E-state index in [4.69, 9.17) is 9.57 Å². The minimum atomic E-state index is -0.311. The zero-order chi connectivity index (χ0) is 14.9. The fourth-order valence-corrected chi connectivity index (χ4v) is 1.72. The van der Waals surface area contributed by atoms with Gasteiger partial charge in [0.1, 0.15) is 5.75 Å². The van der Waals surface area contributed by atoms with E-state index in [0.29, 0.717) is 6.61 Å². The summed E-state index contributed by atoms with van der Waals surface area (Å²) in [5, 5.41) is 0. The van der Waals surface area contributed by atoms with E-state index in [9.17, 15) is 4.79 Å². The highest BCUT2D eigenvalue weighted by Gasteiger charge is 1.97. The minimum Gasteiger partial charge on any atom is -0.497 e. The SMILES string of the molecule is COc1cccc(C=CC(=O)NOCc2ccccc2)c1. The lowest BCUT2D eigenvalue weighted by Crippen LogP contribution is -2.21. The van der Waals surface area contributed by atoms with Gasteiger partial charge in [0.25, 0.3) is 5.91 Å². The lowest BCUT2D eigenvalue weighted by Gasteiger charge is -2.03. The molecule has 0 fully saturated rings. The van der Waals surface area contributed by atoms with Gasteiger partial charge in [0.2, 0.25) is 0 Å². The van der Waals surface area contributed by atoms with Crippen molar-refractivity contribution in [3.05, 3.63) is 71.8 Å². The van der Waals surface area contributed by atoms with Crippen LogP contribution in [0.5, 0.6) is 5.75 Å². The molecule has 21 heavy (non-hydrogen) atoms. The molecule has 0 spiro atoms. The number of ether oxygens (including phenoxy) is 1. The van der Waals surface area contributed by atoms with Crippen LogP contribution in [-0.4, -0.2) is 13.0 Å². The van der Waals surface area contributed by atoms with Crippen molar-refractivity contribution in [3.63, 3.8) is 0 Å². The Bertz CT molecular complexity index is 608. The van der Waals surface area contributed by atoms with Crippen LogP contribution in [0.1, 0.15) is 11.1 Å². The Morgan fingerprint density at radius 2 is 1.95 bits per heavy atom. The lowest BCUT2D eigenvalue weighted by molar-refractivity contribution is -0.129. The molecule has 1 amide bonds. The highest BCUT2D eigenvalue weighted by atomic mass is 16.6. The predicted octanol–water partition coefficient (Wildman–Crippen LogP) is 2.96. The molecule has 4 nitrogen and oxygen atoms in total. The first kappa shape index (κ1) is 14.8. The monoisotopic (exact) mass is 283 g/mol. The Labute approximate surface area is 124 Å². The maximum Gasteiger partial charge on any atom is 0.267 e. The van der Waals surface area contributed by atoms with Crippen LogP contribution < -0.4 is 10.2 Å². The third-order valence-electron chi connectivity index (χ3n) is 2.78. The Morgan fingerprint density at radius 1 is 1.14 bits per heavy atom. The molecule has 2 aromatic carbocycles. The first-order valence-corrected chi connectivity index (χ1v) is 6.56. The fraction of sp³-hybridized carbons (Fsp3) is 0.118. The van der Waals surface area contributed by atoms with Gasteiger partial charge in [-0.15, -0.1) is 0 Å². The maximum atomic E-state index is 11.6. The highest BCUT2D eigenvalue weighted by Crippen LogP contribution is 2.13. The normalized spacial score (nSPS) is 10.5. The van der Waals surface area contributed by atoms with Crippen LogP contribution in [-0.2, 0) is 16.2 Å². The van der Waals surface area contributed by atoms with Crippen LogP contribution in [0, 0.1) is 0 Å². The van der Waals surface area contributed by atoms with Crippen molar-refractivity contribution in [2.45, 2.75) is 6.61 Å². The number of methoxy groups -OCH3 is 1. The predicted molar refractivity (Wildman–Crippen MR) is 81.4 cm³/mol. The van der Waals surface area contributed by atoms with Crippen LogP contribution in [0.15, 0.2) is 60.7 Å². The van der Waals surface area contributed by atoms with E-state index in [1.165, 1.54) is 6.08 Å².